The van der Waals surface area contributed by atoms with Crippen LogP contribution in [0.2, 0.25) is 0 Å². The van der Waals surface area contributed by atoms with Crippen molar-refractivity contribution in [3.8, 4) is 5.75 Å². The third kappa shape index (κ3) is 2.52. The number of nitrogens with two attached hydrogens (primary N) is 1. The highest BCUT2D eigenvalue weighted by Gasteiger charge is 2.14. The molecule has 2 rings (SSSR count). The molecule has 1 aromatic heterocycles. The summed E-state index contributed by atoms with van der Waals surface area (Å²) in [4.78, 5) is 12.2. The molecule has 0 saturated carbocycles. The van der Waals surface area contributed by atoms with Crippen molar-refractivity contribution >= 4 is 17.3 Å². The van der Waals surface area contributed by atoms with E-state index < -0.39 is 0 Å². The van der Waals surface area contributed by atoms with Gasteiger partial charge in [0, 0.05) is 11.8 Å². The van der Waals surface area contributed by atoms with Gasteiger partial charge in [0.1, 0.15) is 5.75 Å². The summed E-state index contributed by atoms with van der Waals surface area (Å²) < 4.78 is 5.05. The first-order valence-electron chi connectivity index (χ1n) is 5.79. The number of nitrogen functional groups attached to an aromatic ring is 1. The minimum absolute atomic E-state index is 0.271. The number of hydrogen-bond donors (Lipinski definition) is 3. The maximum atomic E-state index is 12.2. The number of aryl methyl sites for hydroxylation is 2. The molecule has 0 aliphatic heterocycles. The van der Waals surface area contributed by atoms with Crippen molar-refractivity contribution < 1.29 is 9.53 Å². The minimum Gasteiger partial charge on any atom is -0.497 e. The van der Waals surface area contributed by atoms with Crippen LogP contribution >= 0.6 is 0 Å². The Kier molecular flexibility index (Phi) is 3.41. The zero-order valence-corrected chi connectivity index (χ0v) is 11.1. The molecule has 0 aliphatic carbocycles. The number of aromatic nitrogens is 2. The smallest absolute Gasteiger partial charge is 0.257 e. The zero-order valence-electron chi connectivity index (χ0n) is 11.1. The number of H-pyrrole nitrogens is 1. The van der Waals surface area contributed by atoms with Gasteiger partial charge in [0.15, 0.2) is 0 Å². The molecule has 0 spiro atoms. The largest absolute Gasteiger partial charge is 0.497 e. The molecule has 19 heavy (non-hydrogen) atoms. The van der Waals surface area contributed by atoms with Crippen LogP contribution in [0.4, 0.5) is 11.4 Å². The van der Waals surface area contributed by atoms with Crippen LogP contribution < -0.4 is 15.8 Å². The molecule has 6 nitrogen and oxygen atoms in total. The van der Waals surface area contributed by atoms with E-state index in [9.17, 15) is 4.79 Å². The molecular weight excluding hydrogens is 244 g/mol. The highest BCUT2D eigenvalue weighted by atomic mass is 16.5. The summed E-state index contributed by atoms with van der Waals surface area (Å²) in [7, 11) is 1.55. The van der Waals surface area contributed by atoms with Crippen molar-refractivity contribution in [2.24, 2.45) is 0 Å². The Hall–Kier alpha value is -2.50. The fourth-order valence-electron chi connectivity index (χ4n) is 1.79. The Balaban J connectivity index is 2.26. The van der Waals surface area contributed by atoms with E-state index in [1.165, 1.54) is 0 Å². The number of rotatable bonds is 3. The summed E-state index contributed by atoms with van der Waals surface area (Å²) >= 11 is 0. The summed E-state index contributed by atoms with van der Waals surface area (Å²) in [5.41, 5.74) is 8.83. The Bertz CT molecular complexity index is 600. The second kappa shape index (κ2) is 5.01. The zero-order chi connectivity index (χ0) is 14.0. The number of methoxy groups -OCH3 is 1. The van der Waals surface area contributed by atoms with Crippen LogP contribution in [-0.2, 0) is 0 Å². The summed E-state index contributed by atoms with van der Waals surface area (Å²) in [5.74, 6) is 0.345. The van der Waals surface area contributed by atoms with Gasteiger partial charge in [-0.3, -0.25) is 9.89 Å². The molecule has 100 valence electrons. The standard InChI is InChI=1S/C13H16N4O2/c1-7-12(8(2)17-16-7)15-13(18)10-5-4-9(19-3)6-11(10)14/h4-6H,14H2,1-3H3,(H,15,18)(H,16,17). The van der Waals surface area contributed by atoms with E-state index in [-0.39, 0.29) is 5.91 Å². The molecule has 0 aliphatic rings. The Morgan fingerprint density at radius 2 is 2.16 bits per heavy atom. The summed E-state index contributed by atoms with van der Waals surface area (Å²) in [6.45, 7) is 3.66. The number of carbonyl (C=O) groups excluding carboxylic acids is 1. The Morgan fingerprint density at radius 1 is 1.42 bits per heavy atom. The van der Waals surface area contributed by atoms with Crippen molar-refractivity contribution in [1.82, 2.24) is 10.2 Å². The van der Waals surface area contributed by atoms with Crippen molar-refractivity contribution in [2.75, 3.05) is 18.2 Å². The first kappa shape index (κ1) is 12.9. The van der Waals surface area contributed by atoms with Crippen LogP contribution in [0.1, 0.15) is 21.7 Å². The van der Waals surface area contributed by atoms with Crippen LogP contribution in [0.3, 0.4) is 0 Å². The van der Waals surface area contributed by atoms with Crippen molar-refractivity contribution in [1.29, 1.82) is 0 Å². The fraction of sp³-hybridized carbons (Fsp3) is 0.231. The highest BCUT2D eigenvalue weighted by molar-refractivity contribution is 6.08. The van der Waals surface area contributed by atoms with Gasteiger partial charge in [-0.25, -0.2) is 0 Å². The quantitative estimate of drug-likeness (QED) is 0.734. The predicted octanol–water partition coefficient (Wildman–Crippen LogP) is 1.87. The van der Waals surface area contributed by atoms with Gasteiger partial charge in [0.2, 0.25) is 0 Å². The minimum atomic E-state index is -0.271. The molecule has 2 aromatic rings. The van der Waals surface area contributed by atoms with Crippen LogP contribution in [0, 0.1) is 13.8 Å². The molecule has 0 saturated heterocycles. The van der Waals surface area contributed by atoms with Crippen LogP contribution in [-0.4, -0.2) is 23.2 Å². The maximum absolute atomic E-state index is 12.2. The number of carbonyl (C=O) groups is 1. The number of ether oxygens (including phenoxy) is 1. The van der Waals surface area contributed by atoms with Crippen molar-refractivity contribution in [2.45, 2.75) is 13.8 Å². The number of aromatic amines is 1. The summed E-state index contributed by atoms with van der Waals surface area (Å²) in [5, 5.41) is 9.63. The number of benzene rings is 1. The fourth-order valence-corrected chi connectivity index (χ4v) is 1.79. The second-order valence-corrected chi connectivity index (χ2v) is 4.22. The number of nitrogens with zero attached hydrogens (tertiary/aromatic N) is 1. The second-order valence-electron chi connectivity index (χ2n) is 4.22. The number of hydrogen-bond acceptors (Lipinski definition) is 4. The van der Waals surface area contributed by atoms with Gasteiger partial charge in [-0.05, 0) is 26.0 Å². The third-order valence-electron chi connectivity index (χ3n) is 2.87. The van der Waals surface area contributed by atoms with E-state index in [2.05, 4.69) is 15.5 Å². The molecule has 1 heterocycles. The molecule has 6 heteroatoms. The lowest BCUT2D eigenvalue weighted by Crippen LogP contribution is -2.15. The maximum Gasteiger partial charge on any atom is 0.257 e. The van der Waals surface area contributed by atoms with E-state index in [0.29, 0.717) is 22.7 Å². The summed E-state index contributed by atoms with van der Waals surface area (Å²) in [6, 6.07) is 4.94. The number of amides is 1. The topological polar surface area (TPSA) is 93.0 Å². The van der Waals surface area contributed by atoms with Gasteiger partial charge in [-0.1, -0.05) is 0 Å². The van der Waals surface area contributed by atoms with Crippen molar-refractivity contribution in [3.63, 3.8) is 0 Å². The van der Waals surface area contributed by atoms with E-state index in [1.807, 2.05) is 13.8 Å². The molecule has 1 amide bonds. The predicted molar refractivity (Wildman–Crippen MR) is 73.4 cm³/mol. The molecule has 0 atom stereocenters. The average molecular weight is 260 g/mol. The van der Waals surface area contributed by atoms with Gasteiger partial charge in [-0.2, -0.15) is 5.10 Å². The molecule has 0 bridgehead atoms. The number of nitrogens with one attached hydrogen (secondary N) is 2. The number of anilines is 2. The molecule has 1 aromatic carbocycles. The van der Waals surface area contributed by atoms with Gasteiger partial charge in [0.25, 0.3) is 5.91 Å². The SMILES string of the molecule is COc1ccc(C(=O)Nc2c(C)n[nH]c2C)c(N)c1. The summed E-state index contributed by atoms with van der Waals surface area (Å²) in [6.07, 6.45) is 0. The molecule has 0 radical (unpaired) electrons. The van der Waals surface area contributed by atoms with Crippen LogP contribution in [0.25, 0.3) is 0 Å². The van der Waals surface area contributed by atoms with Gasteiger partial charge < -0.3 is 15.8 Å². The van der Waals surface area contributed by atoms with Crippen LogP contribution in [0.15, 0.2) is 18.2 Å². The monoisotopic (exact) mass is 260 g/mol. The normalized spacial score (nSPS) is 10.3. The van der Waals surface area contributed by atoms with Crippen molar-refractivity contribution in [3.05, 3.63) is 35.2 Å². The molecule has 4 N–H and O–H groups in total. The first-order valence-corrected chi connectivity index (χ1v) is 5.79. The van der Waals surface area contributed by atoms with E-state index >= 15 is 0 Å². The van der Waals surface area contributed by atoms with Gasteiger partial charge in [-0.15, -0.1) is 0 Å². The Morgan fingerprint density at radius 3 is 2.68 bits per heavy atom. The lowest BCUT2D eigenvalue weighted by atomic mass is 10.1. The average Bonchev–Trinajstić information content (AvgIpc) is 2.70. The first-order chi connectivity index (χ1) is 9.02. The van der Waals surface area contributed by atoms with E-state index in [1.54, 1.807) is 25.3 Å². The van der Waals surface area contributed by atoms with Crippen LogP contribution in [0.5, 0.6) is 5.75 Å². The Labute approximate surface area is 111 Å². The van der Waals surface area contributed by atoms with E-state index in [0.717, 1.165) is 11.4 Å². The lowest BCUT2D eigenvalue weighted by Gasteiger charge is -2.09. The van der Waals surface area contributed by atoms with E-state index in [4.69, 9.17) is 10.5 Å². The highest BCUT2D eigenvalue weighted by Crippen LogP contribution is 2.22. The van der Waals surface area contributed by atoms with Gasteiger partial charge >= 0.3 is 0 Å². The molecule has 0 unspecified atom stereocenters. The molecule has 0 fully saturated rings. The van der Waals surface area contributed by atoms with Gasteiger partial charge in [0.05, 0.1) is 29.7 Å². The molecular formula is C13H16N4O2. The third-order valence-corrected chi connectivity index (χ3v) is 2.87. The lowest BCUT2D eigenvalue weighted by molar-refractivity contribution is 0.102.